The molecule has 1 radical (unpaired) electrons. The topological polar surface area (TPSA) is 74.2 Å². The molecule has 0 rings (SSSR count). The Kier molecular flexibility index (Phi) is 23.7. The summed E-state index contributed by atoms with van der Waals surface area (Å²) in [7, 11) is 0. The molecule has 0 spiro atoms. The van der Waals surface area contributed by atoms with E-state index in [1.807, 2.05) is 0 Å². The van der Waals surface area contributed by atoms with Crippen molar-refractivity contribution in [3.63, 3.8) is 0 Å². The first kappa shape index (κ1) is 27.3. The lowest BCUT2D eigenvalue weighted by atomic mass is 10.1. The van der Waals surface area contributed by atoms with Crippen molar-refractivity contribution < 1.29 is 28.8 Å². The molecule has 28 heavy (non-hydrogen) atoms. The summed E-state index contributed by atoms with van der Waals surface area (Å²) in [6, 6.07) is 0. The summed E-state index contributed by atoms with van der Waals surface area (Å²) >= 11 is 0. The Morgan fingerprint density at radius 3 is 1.32 bits per heavy atom. The van der Waals surface area contributed by atoms with Gasteiger partial charge in [-0.25, -0.2) is 0 Å². The van der Waals surface area contributed by atoms with Crippen LogP contribution in [0.4, 0.5) is 0 Å². The maximum Gasteiger partial charge on any atom is 0.303 e. The second-order valence-corrected chi connectivity index (χ2v) is 6.98. The maximum atomic E-state index is 10.4. The first-order valence-electron chi connectivity index (χ1n) is 11.1. The molecular weight excluding hydrogens is 360 g/mol. The van der Waals surface area contributed by atoms with Gasteiger partial charge in [0, 0.05) is 19.6 Å². The molecule has 0 aromatic carbocycles. The van der Waals surface area contributed by atoms with E-state index >= 15 is 0 Å². The fraction of sp³-hybridized carbons (Fsp3) is 0.909. The van der Waals surface area contributed by atoms with Crippen LogP contribution in [0.1, 0.15) is 77.0 Å². The quantitative estimate of drug-likeness (QED) is 0.236. The van der Waals surface area contributed by atoms with Gasteiger partial charge in [0.1, 0.15) is 0 Å². The highest BCUT2D eigenvalue weighted by molar-refractivity contribution is 5.66. The van der Waals surface area contributed by atoms with Gasteiger partial charge in [-0.2, -0.15) is 0 Å². The lowest BCUT2D eigenvalue weighted by Crippen LogP contribution is -2.12. The summed E-state index contributed by atoms with van der Waals surface area (Å²) in [5, 5.41) is 8.56. The van der Waals surface area contributed by atoms with E-state index in [0.717, 1.165) is 25.9 Å². The minimum Gasteiger partial charge on any atom is -0.481 e. The van der Waals surface area contributed by atoms with Crippen molar-refractivity contribution in [2.45, 2.75) is 77.0 Å². The zero-order chi connectivity index (χ0) is 20.5. The Hall–Kier alpha value is -0.690. The maximum absolute atomic E-state index is 10.4. The Balaban J connectivity index is 2.99. The van der Waals surface area contributed by atoms with Crippen LogP contribution in [0.2, 0.25) is 0 Å². The third-order valence-corrected chi connectivity index (χ3v) is 4.44. The third-order valence-electron chi connectivity index (χ3n) is 4.44. The molecule has 0 aliphatic rings. The van der Waals surface area contributed by atoms with Crippen molar-refractivity contribution >= 4 is 5.97 Å². The first-order chi connectivity index (χ1) is 13.8. The van der Waals surface area contributed by atoms with E-state index in [1.165, 1.54) is 51.4 Å². The number of ether oxygens (including phenoxy) is 4. The molecule has 0 aliphatic heterocycles. The fourth-order valence-electron chi connectivity index (χ4n) is 2.83. The number of hydrogen-bond donors (Lipinski definition) is 1. The molecule has 0 bridgehead atoms. The number of carboxylic acid groups (broad SMARTS) is 1. The first-order valence-corrected chi connectivity index (χ1v) is 11.1. The SMILES string of the molecule is [CH2]COCCOCCOCCOCCCCCCCCCCCCCC(=O)O. The van der Waals surface area contributed by atoms with Crippen LogP contribution in [0.15, 0.2) is 0 Å². The van der Waals surface area contributed by atoms with Crippen LogP contribution in [0, 0.1) is 6.92 Å². The highest BCUT2D eigenvalue weighted by Crippen LogP contribution is 2.12. The fourth-order valence-corrected chi connectivity index (χ4v) is 2.83. The van der Waals surface area contributed by atoms with E-state index < -0.39 is 5.97 Å². The average molecular weight is 404 g/mol. The van der Waals surface area contributed by atoms with Crippen molar-refractivity contribution in [2.75, 3.05) is 52.9 Å². The van der Waals surface area contributed by atoms with Crippen LogP contribution in [0.3, 0.4) is 0 Å². The van der Waals surface area contributed by atoms with Crippen LogP contribution < -0.4 is 0 Å². The minimum absolute atomic E-state index is 0.319. The summed E-state index contributed by atoms with van der Waals surface area (Å²) < 4.78 is 21.4. The lowest BCUT2D eigenvalue weighted by Gasteiger charge is -2.07. The van der Waals surface area contributed by atoms with Gasteiger partial charge >= 0.3 is 5.97 Å². The van der Waals surface area contributed by atoms with Crippen molar-refractivity contribution in [1.29, 1.82) is 0 Å². The molecule has 167 valence electrons. The van der Waals surface area contributed by atoms with E-state index in [2.05, 4.69) is 6.92 Å². The molecule has 0 atom stereocenters. The number of carbonyl (C=O) groups is 1. The number of hydrogen-bond acceptors (Lipinski definition) is 5. The van der Waals surface area contributed by atoms with Crippen molar-refractivity contribution in [3.05, 3.63) is 6.92 Å². The molecule has 0 fully saturated rings. The second-order valence-electron chi connectivity index (χ2n) is 6.98. The standard InChI is InChI=1S/C22H43O6/c1-2-25-16-17-27-20-21-28-19-18-26-15-13-11-9-7-5-3-4-6-8-10-12-14-22(23)24/h1-21H2,(H,23,24). The van der Waals surface area contributed by atoms with E-state index in [9.17, 15) is 4.79 Å². The third kappa shape index (κ3) is 25.3. The molecule has 0 aliphatic carbocycles. The van der Waals surface area contributed by atoms with Gasteiger partial charge in [-0.1, -0.05) is 57.8 Å². The molecule has 0 aromatic rings. The minimum atomic E-state index is -0.674. The van der Waals surface area contributed by atoms with E-state index in [4.69, 9.17) is 24.1 Å². The summed E-state index contributed by atoms with van der Waals surface area (Å²) in [6.45, 7) is 8.51. The highest BCUT2D eigenvalue weighted by atomic mass is 16.6. The summed E-state index contributed by atoms with van der Waals surface area (Å²) in [4.78, 5) is 10.4. The Morgan fingerprint density at radius 1 is 0.536 bits per heavy atom. The van der Waals surface area contributed by atoms with Crippen LogP contribution in [-0.4, -0.2) is 63.9 Å². The van der Waals surface area contributed by atoms with Gasteiger partial charge in [-0.05, 0) is 19.8 Å². The number of aliphatic carboxylic acids is 1. The van der Waals surface area contributed by atoms with Crippen molar-refractivity contribution in [3.8, 4) is 0 Å². The van der Waals surface area contributed by atoms with Gasteiger partial charge in [0.2, 0.25) is 0 Å². The molecule has 0 heterocycles. The van der Waals surface area contributed by atoms with E-state index in [1.54, 1.807) is 0 Å². The number of unbranched alkanes of at least 4 members (excludes halogenated alkanes) is 10. The van der Waals surface area contributed by atoms with Crippen molar-refractivity contribution in [2.24, 2.45) is 0 Å². The second kappa shape index (κ2) is 24.3. The Labute approximate surface area is 172 Å². The molecule has 0 saturated carbocycles. The molecule has 6 nitrogen and oxygen atoms in total. The van der Waals surface area contributed by atoms with Gasteiger partial charge in [0.25, 0.3) is 0 Å². The zero-order valence-corrected chi connectivity index (χ0v) is 17.8. The van der Waals surface area contributed by atoms with Crippen molar-refractivity contribution in [1.82, 2.24) is 0 Å². The predicted octanol–water partition coefficient (Wildman–Crippen LogP) is 4.65. The summed E-state index contributed by atoms with van der Waals surface area (Å²) in [5.41, 5.74) is 0. The largest absolute Gasteiger partial charge is 0.481 e. The van der Waals surface area contributed by atoms with E-state index in [0.29, 0.717) is 52.7 Å². The highest BCUT2D eigenvalue weighted by Gasteiger charge is 1.97. The van der Waals surface area contributed by atoms with Gasteiger partial charge < -0.3 is 24.1 Å². The van der Waals surface area contributed by atoms with Crippen LogP contribution in [-0.2, 0) is 23.7 Å². The molecule has 1 N–H and O–H groups in total. The average Bonchev–Trinajstić information content (AvgIpc) is 2.68. The molecule has 0 unspecified atom stereocenters. The molecular formula is C22H43O6. The van der Waals surface area contributed by atoms with Gasteiger partial charge in [0.15, 0.2) is 0 Å². The molecule has 0 saturated heterocycles. The molecule has 0 aromatic heterocycles. The van der Waals surface area contributed by atoms with Gasteiger partial charge in [-0.3, -0.25) is 4.79 Å². The number of carboxylic acids is 1. The van der Waals surface area contributed by atoms with Crippen LogP contribution >= 0.6 is 0 Å². The summed E-state index contributed by atoms with van der Waals surface area (Å²) in [5.74, 6) is -0.674. The van der Waals surface area contributed by atoms with Crippen LogP contribution in [0.25, 0.3) is 0 Å². The monoisotopic (exact) mass is 403 g/mol. The Morgan fingerprint density at radius 2 is 0.893 bits per heavy atom. The molecule has 6 heteroatoms. The van der Waals surface area contributed by atoms with Crippen LogP contribution in [0.5, 0.6) is 0 Å². The lowest BCUT2D eigenvalue weighted by molar-refractivity contribution is -0.137. The van der Waals surface area contributed by atoms with Gasteiger partial charge in [-0.15, -0.1) is 0 Å². The van der Waals surface area contributed by atoms with E-state index in [-0.39, 0.29) is 0 Å². The van der Waals surface area contributed by atoms with Gasteiger partial charge in [0.05, 0.1) is 39.6 Å². The smallest absolute Gasteiger partial charge is 0.303 e. The predicted molar refractivity (Wildman–Crippen MR) is 112 cm³/mol. The summed E-state index contributed by atoms with van der Waals surface area (Å²) in [6.07, 6.45) is 13.5. The molecule has 0 amide bonds. The number of rotatable bonds is 24. The zero-order valence-electron chi connectivity index (χ0n) is 17.8. The Bertz CT molecular complexity index is 311. The normalized spacial score (nSPS) is 11.2.